The standard InChI is InChI=1S/C29H39N3O3/c1-23-6-11-28(25(3)18-23)35-22-29(33)12-4-14-31(16-13-29)21-26-7-9-27(10-8-26)34-17-5-15-32-20-24(2)19-30-32/h6-11,18-20,33H,4-5,12-17,21-22H2,1-3H3/t29-/m1/s1. The summed E-state index contributed by atoms with van der Waals surface area (Å²) in [4.78, 5) is 2.43. The minimum absolute atomic E-state index is 0.344. The van der Waals surface area contributed by atoms with E-state index in [9.17, 15) is 5.11 Å². The first kappa shape index (κ1) is 25.3. The lowest BCUT2D eigenvalue weighted by Crippen LogP contribution is -2.37. The van der Waals surface area contributed by atoms with Crippen LogP contribution in [0.1, 0.15) is 47.9 Å². The molecule has 1 N–H and O–H groups in total. The van der Waals surface area contributed by atoms with E-state index in [1.54, 1.807) is 0 Å². The van der Waals surface area contributed by atoms with Gasteiger partial charge >= 0.3 is 0 Å². The highest BCUT2D eigenvalue weighted by Crippen LogP contribution is 2.27. The average Bonchev–Trinajstić information content (AvgIpc) is 3.16. The quantitative estimate of drug-likeness (QED) is 0.413. The number of ether oxygens (including phenoxy) is 2. The van der Waals surface area contributed by atoms with Crippen LogP contribution in [-0.2, 0) is 13.1 Å². The fraction of sp³-hybridized carbons (Fsp3) is 0.483. The first-order valence-electron chi connectivity index (χ1n) is 12.7. The zero-order valence-electron chi connectivity index (χ0n) is 21.4. The Hall–Kier alpha value is -2.83. The summed E-state index contributed by atoms with van der Waals surface area (Å²) in [6.07, 6.45) is 7.30. The molecule has 0 radical (unpaired) electrons. The second kappa shape index (κ2) is 11.7. The molecular formula is C29H39N3O3. The predicted octanol–water partition coefficient (Wildman–Crippen LogP) is 5.07. The topological polar surface area (TPSA) is 59.8 Å². The molecule has 0 unspecified atom stereocenters. The minimum atomic E-state index is -0.779. The van der Waals surface area contributed by atoms with Crippen molar-refractivity contribution in [3.05, 3.63) is 77.1 Å². The van der Waals surface area contributed by atoms with Gasteiger partial charge in [-0.05, 0) is 81.5 Å². The van der Waals surface area contributed by atoms with Crippen LogP contribution in [0.3, 0.4) is 0 Å². The van der Waals surface area contributed by atoms with Crippen molar-refractivity contribution in [3.63, 3.8) is 0 Å². The zero-order chi connectivity index (χ0) is 24.7. The lowest BCUT2D eigenvalue weighted by Gasteiger charge is -2.27. The Morgan fingerprint density at radius 1 is 0.971 bits per heavy atom. The van der Waals surface area contributed by atoms with Crippen molar-refractivity contribution in [1.82, 2.24) is 14.7 Å². The van der Waals surface area contributed by atoms with Crippen LogP contribution in [0.4, 0.5) is 0 Å². The molecule has 2 heterocycles. The smallest absolute Gasteiger partial charge is 0.122 e. The third-order valence-electron chi connectivity index (χ3n) is 6.73. The van der Waals surface area contributed by atoms with Gasteiger partial charge in [0.25, 0.3) is 0 Å². The SMILES string of the molecule is Cc1ccc(OC[C@@]2(O)CCCN(Cc3ccc(OCCCn4cc(C)cn4)cc3)CC2)c(C)c1. The normalized spacial score (nSPS) is 18.9. The van der Waals surface area contributed by atoms with Crippen LogP contribution in [-0.4, -0.2) is 51.7 Å². The number of aromatic nitrogens is 2. The highest BCUT2D eigenvalue weighted by atomic mass is 16.5. The monoisotopic (exact) mass is 477 g/mol. The van der Waals surface area contributed by atoms with Crippen molar-refractivity contribution >= 4 is 0 Å². The van der Waals surface area contributed by atoms with Gasteiger partial charge in [-0.25, -0.2) is 0 Å². The minimum Gasteiger partial charge on any atom is -0.494 e. The molecule has 1 aliphatic rings. The van der Waals surface area contributed by atoms with Crippen LogP contribution in [0, 0.1) is 20.8 Å². The van der Waals surface area contributed by atoms with Gasteiger partial charge in [0, 0.05) is 32.3 Å². The van der Waals surface area contributed by atoms with Crippen LogP contribution < -0.4 is 9.47 Å². The number of rotatable bonds is 10. The van der Waals surface area contributed by atoms with Gasteiger partial charge in [0.2, 0.25) is 0 Å². The van der Waals surface area contributed by atoms with Crippen molar-refractivity contribution in [2.75, 3.05) is 26.3 Å². The molecule has 0 aliphatic carbocycles. The van der Waals surface area contributed by atoms with E-state index >= 15 is 0 Å². The molecule has 1 saturated heterocycles. The van der Waals surface area contributed by atoms with Crippen molar-refractivity contribution in [2.45, 2.75) is 65.1 Å². The molecule has 1 aliphatic heterocycles. The molecule has 0 saturated carbocycles. The molecule has 0 amide bonds. The summed E-state index contributed by atoms with van der Waals surface area (Å²) in [7, 11) is 0. The molecule has 2 aromatic carbocycles. The molecule has 0 spiro atoms. The Balaban J connectivity index is 1.20. The predicted molar refractivity (Wildman–Crippen MR) is 139 cm³/mol. The van der Waals surface area contributed by atoms with Gasteiger partial charge in [0.05, 0.1) is 18.4 Å². The summed E-state index contributed by atoms with van der Waals surface area (Å²) in [5.41, 5.74) is 4.00. The molecule has 1 aromatic heterocycles. The van der Waals surface area contributed by atoms with Gasteiger partial charge in [-0.3, -0.25) is 9.58 Å². The van der Waals surface area contributed by atoms with E-state index in [1.165, 1.54) is 16.7 Å². The maximum absolute atomic E-state index is 11.2. The van der Waals surface area contributed by atoms with E-state index in [0.29, 0.717) is 13.2 Å². The van der Waals surface area contributed by atoms with E-state index in [-0.39, 0.29) is 0 Å². The van der Waals surface area contributed by atoms with Crippen molar-refractivity contribution < 1.29 is 14.6 Å². The lowest BCUT2D eigenvalue weighted by atomic mass is 9.96. The molecule has 0 bridgehead atoms. The first-order valence-corrected chi connectivity index (χ1v) is 12.7. The van der Waals surface area contributed by atoms with Crippen LogP contribution in [0.25, 0.3) is 0 Å². The van der Waals surface area contributed by atoms with Crippen molar-refractivity contribution in [2.24, 2.45) is 0 Å². The van der Waals surface area contributed by atoms with Crippen LogP contribution in [0.2, 0.25) is 0 Å². The largest absolute Gasteiger partial charge is 0.494 e. The summed E-state index contributed by atoms with van der Waals surface area (Å²) in [6.45, 7) is 10.8. The molecular weight excluding hydrogens is 438 g/mol. The van der Waals surface area contributed by atoms with Crippen LogP contribution in [0.15, 0.2) is 54.9 Å². The van der Waals surface area contributed by atoms with Gasteiger partial charge in [-0.15, -0.1) is 0 Å². The van der Waals surface area contributed by atoms with E-state index in [0.717, 1.165) is 68.9 Å². The number of aliphatic hydroxyl groups is 1. The molecule has 3 aromatic rings. The number of hydrogen-bond acceptors (Lipinski definition) is 5. The van der Waals surface area contributed by atoms with Gasteiger partial charge in [-0.2, -0.15) is 5.10 Å². The Morgan fingerprint density at radius 3 is 2.54 bits per heavy atom. The van der Waals surface area contributed by atoms with Crippen LogP contribution in [0.5, 0.6) is 11.5 Å². The second-order valence-corrected chi connectivity index (χ2v) is 10.0. The number of aryl methyl sites for hydroxylation is 4. The Kier molecular flexibility index (Phi) is 8.47. The van der Waals surface area contributed by atoms with E-state index in [4.69, 9.17) is 9.47 Å². The summed E-state index contributed by atoms with van der Waals surface area (Å²) >= 11 is 0. The molecule has 35 heavy (non-hydrogen) atoms. The highest BCUT2D eigenvalue weighted by molar-refractivity contribution is 5.35. The Labute approximate surface area is 209 Å². The number of hydrogen-bond donors (Lipinski definition) is 1. The van der Waals surface area contributed by atoms with E-state index < -0.39 is 5.60 Å². The number of benzene rings is 2. The summed E-state index contributed by atoms with van der Waals surface area (Å²) in [6, 6.07) is 14.6. The first-order chi connectivity index (χ1) is 16.9. The van der Waals surface area contributed by atoms with Gasteiger partial charge in [0.1, 0.15) is 18.1 Å². The maximum Gasteiger partial charge on any atom is 0.122 e. The second-order valence-electron chi connectivity index (χ2n) is 10.0. The number of likely N-dealkylation sites (tertiary alicyclic amines) is 1. The number of nitrogens with zero attached hydrogens (tertiary/aromatic N) is 3. The lowest BCUT2D eigenvalue weighted by molar-refractivity contribution is -0.0170. The Morgan fingerprint density at radius 2 is 1.80 bits per heavy atom. The summed E-state index contributed by atoms with van der Waals surface area (Å²) < 4.78 is 13.9. The molecule has 188 valence electrons. The summed E-state index contributed by atoms with van der Waals surface area (Å²) in [5, 5.41) is 15.5. The van der Waals surface area contributed by atoms with E-state index in [2.05, 4.69) is 73.4 Å². The van der Waals surface area contributed by atoms with Crippen LogP contribution >= 0.6 is 0 Å². The fourth-order valence-corrected chi connectivity index (χ4v) is 4.67. The third-order valence-corrected chi connectivity index (χ3v) is 6.73. The molecule has 6 heteroatoms. The third kappa shape index (κ3) is 7.58. The van der Waals surface area contributed by atoms with Crippen molar-refractivity contribution in [3.8, 4) is 11.5 Å². The summed E-state index contributed by atoms with van der Waals surface area (Å²) in [5.74, 6) is 1.77. The molecule has 1 atom stereocenters. The fourth-order valence-electron chi connectivity index (χ4n) is 4.67. The molecule has 1 fully saturated rings. The van der Waals surface area contributed by atoms with Crippen molar-refractivity contribution in [1.29, 1.82) is 0 Å². The maximum atomic E-state index is 11.2. The van der Waals surface area contributed by atoms with Gasteiger partial charge < -0.3 is 14.6 Å². The Bertz CT molecular complexity index is 1080. The zero-order valence-corrected chi connectivity index (χ0v) is 21.4. The highest BCUT2D eigenvalue weighted by Gasteiger charge is 2.31. The van der Waals surface area contributed by atoms with Gasteiger partial charge in [-0.1, -0.05) is 29.8 Å². The molecule has 4 rings (SSSR count). The average molecular weight is 478 g/mol. The molecule has 6 nitrogen and oxygen atoms in total. The van der Waals surface area contributed by atoms with E-state index in [1.807, 2.05) is 16.9 Å². The van der Waals surface area contributed by atoms with Gasteiger partial charge in [0.15, 0.2) is 0 Å².